The molecule has 0 saturated heterocycles. The second kappa shape index (κ2) is 6.29. The van der Waals surface area contributed by atoms with E-state index in [2.05, 4.69) is 6.42 Å². The van der Waals surface area contributed by atoms with Gasteiger partial charge >= 0.3 is 0 Å². The summed E-state index contributed by atoms with van der Waals surface area (Å²) in [7, 11) is 0. The molecule has 0 atom stereocenters. The molecule has 2 aromatic carbocycles. The quantitative estimate of drug-likeness (QED) is 0.678. The summed E-state index contributed by atoms with van der Waals surface area (Å²) in [5.41, 5.74) is 2.18. The molecular formula is C16H15F2. The maximum absolute atomic E-state index is 12.7. The number of halogens is 2. The van der Waals surface area contributed by atoms with Crippen LogP contribution in [0.1, 0.15) is 24.0 Å². The Labute approximate surface area is 106 Å². The van der Waals surface area contributed by atoms with Gasteiger partial charge in [-0.3, -0.25) is 0 Å². The van der Waals surface area contributed by atoms with Crippen molar-refractivity contribution < 1.29 is 8.78 Å². The van der Waals surface area contributed by atoms with Gasteiger partial charge < -0.3 is 0 Å². The fourth-order valence-corrected chi connectivity index (χ4v) is 1.82. The van der Waals surface area contributed by atoms with Crippen molar-refractivity contribution in [2.45, 2.75) is 19.3 Å². The predicted molar refractivity (Wildman–Crippen MR) is 69.1 cm³/mol. The van der Waals surface area contributed by atoms with E-state index in [1.807, 2.05) is 12.1 Å². The third kappa shape index (κ3) is 3.95. The lowest BCUT2D eigenvalue weighted by Gasteiger charge is -2.02. The fourth-order valence-electron chi connectivity index (χ4n) is 1.82. The van der Waals surface area contributed by atoms with Gasteiger partial charge in [0.05, 0.1) is 0 Å². The first-order chi connectivity index (χ1) is 8.74. The highest BCUT2D eigenvalue weighted by molar-refractivity contribution is 5.23. The first-order valence-corrected chi connectivity index (χ1v) is 6.07. The number of hydrogen-bond acceptors (Lipinski definition) is 0. The minimum absolute atomic E-state index is 0.198. The molecule has 0 spiro atoms. The van der Waals surface area contributed by atoms with Crippen molar-refractivity contribution in [2.75, 3.05) is 0 Å². The Morgan fingerprint density at radius 3 is 1.94 bits per heavy atom. The summed E-state index contributed by atoms with van der Waals surface area (Å²) in [6.45, 7) is 0. The summed E-state index contributed by atoms with van der Waals surface area (Å²) >= 11 is 0. The molecule has 0 N–H and O–H groups in total. The lowest BCUT2D eigenvalue weighted by Crippen LogP contribution is -1.88. The summed E-state index contributed by atoms with van der Waals surface area (Å²) in [6, 6.07) is 13.1. The molecule has 0 fully saturated rings. The molecule has 0 saturated carbocycles. The highest BCUT2D eigenvalue weighted by atomic mass is 19.1. The zero-order chi connectivity index (χ0) is 12.8. The fraction of sp³-hybridized carbons (Fsp3) is 0.188. The van der Waals surface area contributed by atoms with E-state index in [-0.39, 0.29) is 11.6 Å². The average Bonchev–Trinajstić information content (AvgIpc) is 2.39. The van der Waals surface area contributed by atoms with Crippen molar-refractivity contribution in [3.63, 3.8) is 0 Å². The lowest BCUT2D eigenvalue weighted by molar-refractivity contribution is 0.626. The van der Waals surface area contributed by atoms with Crippen LogP contribution in [0.15, 0.2) is 48.5 Å². The van der Waals surface area contributed by atoms with Gasteiger partial charge in [-0.05, 0) is 61.1 Å². The maximum Gasteiger partial charge on any atom is 0.123 e. The normalized spacial score (nSPS) is 10.6. The van der Waals surface area contributed by atoms with Gasteiger partial charge in [-0.25, -0.2) is 8.78 Å². The van der Waals surface area contributed by atoms with E-state index in [9.17, 15) is 8.78 Å². The Balaban J connectivity index is 1.73. The third-order valence-electron chi connectivity index (χ3n) is 2.83. The Kier molecular flexibility index (Phi) is 4.46. The third-order valence-corrected chi connectivity index (χ3v) is 2.83. The second-order valence-electron chi connectivity index (χ2n) is 4.27. The van der Waals surface area contributed by atoms with Gasteiger partial charge in [0.25, 0.3) is 0 Å². The molecule has 18 heavy (non-hydrogen) atoms. The monoisotopic (exact) mass is 245 g/mol. The Bertz CT molecular complexity index is 424. The number of benzene rings is 2. The van der Waals surface area contributed by atoms with Gasteiger partial charge in [-0.1, -0.05) is 24.3 Å². The summed E-state index contributed by atoms with van der Waals surface area (Å²) in [4.78, 5) is 0. The van der Waals surface area contributed by atoms with Gasteiger partial charge in [0.15, 0.2) is 0 Å². The van der Waals surface area contributed by atoms with Crippen LogP contribution in [-0.2, 0) is 6.42 Å². The van der Waals surface area contributed by atoms with Crippen LogP contribution in [0, 0.1) is 18.1 Å². The van der Waals surface area contributed by atoms with Crippen LogP contribution in [0.2, 0.25) is 0 Å². The number of aryl methyl sites for hydroxylation is 1. The minimum Gasteiger partial charge on any atom is -0.207 e. The van der Waals surface area contributed by atoms with E-state index in [1.54, 1.807) is 12.1 Å². The molecule has 93 valence electrons. The SMILES string of the molecule is Fc1ccc([CH]CCCc2ccc(F)cc2)cc1. The maximum atomic E-state index is 12.7. The standard InChI is InChI=1S/C16H15F2/c17-15-9-5-13(6-10-15)3-1-2-4-14-7-11-16(18)12-8-14/h3,5-12H,1-2,4H2. The van der Waals surface area contributed by atoms with Crippen LogP contribution < -0.4 is 0 Å². The molecule has 0 aliphatic rings. The van der Waals surface area contributed by atoms with Crippen molar-refractivity contribution in [3.8, 4) is 0 Å². The van der Waals surface area contributed by atoms with Crippen molar-refractivity contribution >= 4 is 0 Å². The number of rotatable bonds is 5. The van der Waals surface area contributed by atoms with Crippen LogP contribution in [0.3, 0.4) is 0 Å². The Morgan fingerprint density at radius 2 is 1.33 bits per heavy atom. The van der Waals surface area contributed by atoms with Gasteiger partial charge in [0, 0.05) is 0 Å². The molecule has 0 nitrogen and oxygen atoms in total. The van der Waals surface area contributed by atoms with E-state index in [0.717, 1.165) is 30.4 Å². The van der Waals surface area contributed by atoms with E-state index in [4.69, 9.17) is 0 Å². The van der Waals surface area contributed by atoms with Gasteiger partial charge in [-0.2, -0.15) is 0 Å². The summed E-state index contributed by atoms with van der Waals surface area (Å²) < 4.78 is 25.4. The molecule has 0 aliphatic carbocycles. The smallest absolute Gasteiger partial charge is 0.123 e. The molecule has 0 heterocycles. The molecule has 0 bridgehead atoms. The molecule has 2 heteroatoms. The predicted octanol–water partition coefficient (Wildman–Crippen LogP) is 4.54. The lowest BCUT2D eigenvalue weighted by atomic mass is 10.0. The van der Waals surface area contributed by atoms with Crippen LogP contribution in [0.4, 0.5) is 8.78 Å². The topological polar surface area (TPSA) is 0 Å². The van der Waals surface area contributed by atoms with E-state index < -0.39 is 0 Å². The van der Waals surface area contributed by atoms with Gasteiger partial charge in [0.1, 0.15) is 11.6 Å². The Hall–Kier alpha value is -1.70. The summed E-state index contributed by atoms with van der Waals surface area (Å²) in [6.07, 6.45) is 4.95. The molecule has 0 amide bonds. The van der Waals surface area contributed by atoms with E-state index >= 15 is 0 Å². The average molecular weight is 245 g/mol. The molecule has 0 unspecified atom stereocenters. The summed E-state index contributed by atoms with van der Waals surface area (Å²) in [5, 5.41) is 0. The first kappa shape index (κ1) is 12.7. The van der Waals surface area contributed by atoms with Crippen molar-refractivity contribution in [3.05, 3.63) is 77.7 Å². The molecule has 0 aliphatic heterocycles. The Morgan fingerprint density at radius 1 is 0.778 bits per heavy atom. The molecule has 1 radical (unpaired) electrons. The van der Waals surface area contributed by atoms with Crippen molar-refractivity contribution in [2.24, 2.45) is 0 Å². The van der Waals surface area contributed by atoms with Crippen LogP contribution >= 0.6 is 0 Å². The molecule has 2 rings (SSSR count). The van der Waals surface area contributed by atoms with Gasteiger partial charge in [0.2, 0.25) is 0 Å². The van der Waals surface area contributed by atoms with Crippen molar-refractivity contribution in [1.29, 1.82) is 0 Å². The van der Waals surface area contributed by atoms with Crippen LogP contribution in [0.25, 0.3) is 0 Å². The van der Waals surface area contributed by atoms with Crippen LogP contribution in [0.5, 0.6) is 0 Å². The van der Waals surface area contributed by atoms with E-state index in [0.29, 0.717) is 0 Å². The zero-order valence-electron chi connectivity index (χ0n) is 10.1. The van der Waals surface area contributed by atoms with Crippen molar-refractivity contribution in [1.82, 2.24) is 0 Å². The molecular weight excluding hydrogens is 230 g/mol. The summed E-state index contributed by atoms with van der Waals surface area (Å²) in [5.74, 6) is -0.407. The molecule has 0 aromatic heterocycles. The molecule has 2 aromatic rings. The first-order valence-electron chi connectivity index (χ1n) is 6.07. The highest BCUT2D eigenvalue weighted by Gasteiger charge is 1.97. The van der Waals surface area contributed by atoms with E-state index in [1.165, 1.54) is 24.3 Å². The largest absolute Gasteiger partial charge is 0.207 e. The van der Waals surface area contributed by atoms with Gasteiger partial charge in [-0.15, -0.1) is 0 Å². The minimum atomic E-state index is -0.210. The zero-order valence-corrected chi connectivity index (χ0v) is 10.1. The second-order valence-corrected chi connectivity index (χ2v) is 4.27. The number of hydrogen-bond donors (Lipinski definition) is 0. The highest BCUT2D eigenvalue weighted by Crippen LogP contribution is 2.12. The van der Waals surface area contributed by atoms with Crippen LogP contribution in [-0.4, -0.2) is 0 Å². The number of unbranched alkanes of at least 4 members (excludes halogenated alkanes) is 1.